The summed E-state index contributed by atoms with van der Waals surface area (Å²) in [5.41, 5.74) is 6.36. The van der Waals surface area contributed by atoms with Crippen LogP contribution in [0, 0.1) is 0 Å². The quantitative estimate of drug-likeness (QED) is 0.835. The normalized spacial score (nSPS) is 23.2. The summed E-state index contributed by atoms with van der Waals surface area (Å²) < 4.78 is 0. The van der Waals surface area contributed by atoms with Crippen LogP contribution in [0.3, 0.4) is 0 Å². The van der Waals surface area contributed by atoms with Crippen molar-refractivity contribution in [1.29, 1.82) is 0 Å². The van der Waals surface area contributed by atoms with Gasteiger partial charge >= 0.3 is 0 Å². The first-order valence-electron chi connectivity index (χ1n) is 6.98. The third kappa shape index (κ3) is 2.71. The van der Waals surface area contributed by atoms with Gasteiger partial charge in [0.2, 0.25) is 0 Å². The van der Waals surface area contributed by atoms with Crippen molar-refractivity contribution in [2.75, 3.05) is 18.8 Å². The molecule has 1 amide bonds. The molecule has 1 atom stereocenters. The van der Waals surface area contributed by atoms with Gasteiger partial charge < -0.3 is 15.7 Å². The van der Waals surface area contributed by atoms with Gasteiger partial charge in [-0.1, -0.05) is 0 Å². The Bertz CT molecular complexity index is 683. The van der Waals surface area contributed by atoms with E-state index in [1.807, 2.05) is 6.92 Å². The van der Waals surface area contributed by atoms with Gasteiger partial charge in [-0.15, -0.1) is 11.3 Å². The molecule has 1 aliphatic heterocycles. The summed E-state index contributed by atoms with van der Waals surface area (Å²) in [5.74, 6) is -0.0880. The Balaban J connectivity index is 1.88. The third-order valence-corrected chi connectivity index (χ3v) is 5.00. The van der Waals surface area contributed by atoms with E-state index in [0.717, 1.165) is 6.42 Å². The van der Waals surface area contributed by atoms with Gasteiger partial charge in [0.25, 0.3) is 5.91 Å². The Morgan fingerprint density at radius 3 is 2.90 bits per heavy atom. The maximum Gasteiger partial charge on any atom is 0.266 e. The van der Waals surface area contributed by atoms with E-state index in [1.165, 1.54) is 11.3 Å². The van der Waals surface area contributed by atoms with Crippen LogP contribution in [-0.4, -0.2) is 44.6 Å². The van der Waals surface area contributed by atoms with Gasteiger partial charge in [0.05, 0.1) is 11.3 Å². The van der Waals surface area contributed by atoms with Gasteiger partial charge in [0.1, 0.15) is 15.2 Å². The molecule has 1 fully saturated rings. The highest BCUT2D eigenvalue weighted by atomic mass is 32.1. The molecule has 0 saturated carbocycles. The zero-order valence-electron chi connectivity index (χ0n) is 11.9. The van der Waals surface area contributed by atoms with E-state index < -0.39 is 5.60 Å². The number of likely N-dealkylation sites (tertiary alicyclic amines) is 1. The van der Waals surface area contributed by atoms with Crippen molar-refractivity contribution in [3.8, 4) is 0 Å². The molecule has 1 aliphatic rings. The number of nitrogens with two attached hydrogens (primary N) is 1. The SMILES string of the molecule is CC1(O)CCCN(C(=O)c2sc3nccnc3c2N)CC1. The Kier molecular flexibility index (Phi) is 3.54. The number of nitrogen functional groups attached to an aromatic ring is 1. The van der Waals surface area contributed by atoms with Gasteiger partial charge in [0, 0.05) is 25.5 Å². The molecular formula is C14H18N4O2S. The molecule has 0 spiro atoms. The molecule has 6 nitrogen and oxygen atoms in total. The van der Waals surface area contributed by atoms with E-state index in [1.54, 1.807) is 17.3 Å². The fraction of sp³-hybridized carbons (Fsp3) is 0.500. The number of hydrogen-bond donors (Lipinski definition) is 2. The molecule has 0 aromatic carbocycles. The third-order valence-electron chi connectivity index (χ3n) is 3.91. The Morgan fingerprint density at radius 2 is 2.14 bits per heavy atom. The van der Waals surface area contributed by atoms with Crippen LogP contribution in [-0.2, 0) is 0 Å². The minimum Gasteiger partial charge on any atom is -0.396 e. The fourth-order valence-electron chi connectivity index (χ4n) is 2.61. The van der Waals surface area contributed by atoms with Crippen molar-refractivity contribution in [2.45, 2.75) is 31.8 Å². The summed E-state index contributed by atoms with van der Waals surface area (Å²) in [5, 5.41) is 10.1. The van der Waals surface area contributed by atoms with E-state index in [9.17, 15) is 9.90 Å². The summed E-state index contributed by atoms with van der Waals surface area (Å²) in [6, 6.07) is 0. The monoisotopic (exact) mass is 306 g/mol. The van der Waals surface area contributed by atoms with E-state index in [-0.39, 0.29) is 5.91 Å². The molecule has 3 heterocycles. The lowest BCUT2D eigenvalue weighted by molar-refractivity contribution is 0.0438. The van der Waals surface area contributed by atoms with Gasteiger partial charge in [-0.25, -0.2) is 9.97 Å². The van der Waals surface area contributed by atoms with Crippen molar-refractivity contribution in [2.24, 2.45) is 0 Å². The number of rotatable bonds is 1. The fourth-order valence-corrected chi connectivity index (χ4v) is 3.60. The average molecular weight is 306 g/mol. The summed E-state index contributed by atoms with van der Waals surface area (Å²) in [4.78, 5) is 24.0. The number of thiophene rings is 1. The first kappa shape index (κ1) is 14.2. The van der Waals surface area contributed by atoms with E-state index in [2.05, 4.69) is 9.97 Å². The molecule has 3 rings (SSSR count). The predicted molar refractivity (Wildman–Crippen MR) is 82.2 cm³/mol. The lowest BCUT2D eigenvalue weighted by atomic mass is 9.98. The first-order valence-corrected chi connectivity index (χ1v) is 7.80. The van der Waals surface area contributed by atoms with Crippen LogP contribution in [0.15, 0.2) is 12.4 Å². The standard InChI is InChI=1S/C14H18N4O2S/c1-14(20)3-2-7-18(8-4-14)13(19)11-9(15)10-12(21-11)17-6-5-16-10/h5-6,20H,2-4,7-8,15H2,1H3. The van der Waals surface area contributed by atoms with Crippen molar-refractivity contribution >= 4 is 33.3 Å². The van der Waals surface area contributed by atoms with Crippen LogP contribution < -0.4 is 5.73 Å². The number of hydrogen-bond acceptors (Lipinski definition) is 6. The molecule has 112 valence electrons. The van der Waals surface area contributed by atoms with Crippen LogP contribution in [0.25, 0.3) is 10.3 Å². The Labute approximate surface area is 126 Å². The molecular weight excluding hydrogens is 288 g/mol. The number of carbonyl (C=O) groups is 1. The second-order valence-corrected chi connectivity index (χ2v) is 6.70. The zero-order chi connectivity index (χ0) is 15.0. The minimum atomic E-state index is -0.691. The summed E-state index contributed by atoms with van der Waals surface area (Å²) in [6.45, 7) is 3.01. The molecule has 2 aromatic heterocycles. The minimum absolute atomic E-state index is 0.0880. The van der Waals surface area contributed by atoms with Crippen LogP contribution in [0.5, 0.6) is 0 Å². The van der Waals surface area contributed by atoms with Gasteiger partial charge in [0.15, 0.2) is 0 Å². The molecule has 0 radical (unpaired) electrons. The van der Waals surface area contributed by atoms with Crippen molar-refractivity contribution < 1.29 is 9.90 Å². The van der Waals surface area contributed by atoms with E-state index in [4.69, 9.17) is 5.73 Å². The highest BCUT2D eigenvalue weighted by Crippen LogP contribution is 2.32. The zero-order valence-corrected chi connectivity index (χ0v) is 12.7. The Morgan fingerprint density at radius 1 is 1.38 bits per heavy atom. The van der Waals surface area contributed by atoms with Gasteiger partial charge in [-0.05, 0) is 26.2 Å². The molecule has 2 aromatic rings. The molecule has 0 aliphatic carbocycles. The van der Waals surface area contributed by atoms with Gasteiger partial charge in [-0.2, -0.15) is 0 Å². The molecule has 3 N–H and O–H groups in total. The average Bonchev–Trinajstić information content (AvgIpc) is 2.67. The second kappa shape index (κ2) is 5.23. The Hall–Kier alpha value is -1.73. The smallest absolute Gasteiger partial charge is 0.266 e. The lowest BCUT2D eigenvalue weighted by Crippen LogP contribution is -2.33. The molecule has 1 saturated heterocycles. The summed E-state index contributed by atoms with van der Waals surface area (Å²) in [6.07, 6.45) is 5.25. The number of nitrogens with zero attached hydrogens (tertiary/aromatic N) is 3. The van der Waals surface area contributed by atoms with Gasteiger partial charge in [-0.3, -0.25) is 4.79 Å². The van der Waals surface area contributed by atoms with Crippen molar-refractivity contribution in [1.82, 2.24) is 14.9 Å². The lowest BCUT2D eigenvalue weighted by Gasteiger charge is -2.22. The number of amides is 1. The van der Waals surface area contributed by atoms with E-state index >= 15 is 0 Å². The molecule has 21 heavy (non-hydrogen) atoms. The second-order valence-electron chi connectivity index (χ2n) is 5.70. The number of aliphatic hydroxyl groups is 1. The van der Waals surface area contributed by atoms with E-state index in [0.29, 0.717) is 46.8 Å². The molecule has 0 bridgehead atoms. The highest BCUT2D eigenvalue weighted by molar-refractivity contribution is 7.21. The maximum absolute atomic E-state index is 12.7. The molecule has 7 heteroatoms. The van der Waals surface area contributed by atoms with Crippen LogP contribution in [0.1, 0.15) is 35.9 Å². The topological polar surface area (TPSA) is 92.3 Å². The number of anilines is 1. The van der Waals surface area contributed by atoms with Crippen LogP contribution >= 0.6 is 11.3 Å². The first-order chi connectivity index (χ1) is 9.98. The highest BCUT2D eigenvalue weighted by Gasteiger charge is 2.29. The maximum atomic E-state index is 12.7. The largest absolute Gasteiger partial charge is 0.396 e. The molecule has 1 unspecified atom stereocenters. The van der Waals surface area contributed by atoms with Crippen LogP contribution in [0.4, 0.5) is 5.69 Å². The van der Waals surface area contributed by atoms with Crippen LogP contribution in [0.2, 0.25) is 0 Å². The number of fused-ring (bicyclic) bond motifs is 1. The predicted octanol–water partition coefficient (Wildman–Crippen LogP) is 1.65. The number of aromatic nitrogens is 2. The summed E-state index contributed by atoms with van der Waals surface area (Å²) >= 11 is 1.28. The van der Waals surface area contributed by atoms with Crippen molar-refractivity contribution in [3.63, 3.8) is 0 Å². The number of carbonyl (C=O) groups excluding carboxylic acids is 1. The summed E-state index contributed by atoms with van der Waals surface area (Å²) in [7, 11) is 0. The van der Waals surface area contributed by atoms with Crippen molar-refractivity contribution in [3.05, 3.63) is 17.3 Å².